The Morgan fingerprint density at radius 2 is 1.72 bits per heavy atom. The average molecular weight is 299 g/mol. The lowest BCUT2D eigenvalue weighted by atomic mass is 10.0. The first kappa shape index (κ1) is 12.2. The zero-order valence-electron chi connectivity index (χ0n) is 9.18. The van der Waals surface area contributed by atoms with Crippen LogP contribution in [0, 0.1) is 22.7 Å². The number of aromatic hydroxyl groups is 1. The van der Waals surface area contributed by atoms with Gasteiger partial charge in [0.2, 0.25) is 0 Å². The van der Waals surface area contributed by atoms with E-state index < -0.39 is 0 Å². The van der Waals surface area contributed by atoms with Crippen molar-refractivity contribution in [2.75, 3.05) is 0 Å². The molecule has 4 heteroatoms. The van der Waals surface area contributed by atoms with Gasteiger partial charge in [-0.05, 0) is 45.8 Å². The van der Waals surface area contributed by atoms with E-state index in [2.05, 4.69) is 15.9 Å². The Labute approximate surface area is 113 Å². The summed E-state index contributed by atoms with van der Waals surface area (Å²) in [4.78, 5) is 0. The van der Waals surface area contributed by atoms with Gasteiger partial charge in [0.25, 0.3) is 0 Å². The van der Waals surface area contributed by atoms with E-state index in [4.69, 9.17) is 10.5 Å². The molecule has 0 amide bonds. The summed E-state index contributed by atoms with van der Waals surface area (Å²) in [6.07, 6.45) is 0. The summed E-state index contributed by atoms with van der Waals surface area (Å²) < 4.78 is 0.457. The predicted molar refractivity (Wildman–Crippen MR) is 70.7 cm³/mol. The Balaban J connectivity index is 2.67. The van der Waals surface area contributed by atoms with Crippen LogP contribution in [0.25, 0.3) is 11.1 Å². The summed E-state index contributed by atoms with van der Waals surface area (Å²) in [5.41, 5.74) is 2.17. The molecule has 0 saturated heterocycles. The molecule has 86 valence electrons. The van der Waals surface area contributed by atoms with E-state index >= 15 is 0 Å². The lowest BCUT2D eigenvalue weighted by molar-refractivity contribution is 0.474. The smallest absolute Gasteiger partial charge is 0.137 e. The quantitative estimate of drug-likeness (QED) is 0.875. The lowest BCUT2D eigenvalue weighted by Crippen LogP contribution is -1.85. The molecule has 0 spiro atoms. The molecule has 18 heavy (non-hydrogen) atoms. The van der Waals surface area contributed by atoms with Crippen molar-refractivity contribution in [3.63, 3.8) is 0 Å². The van der Waals surface area contributed by atoms with Gasteiger partial charge in [-0.15, -0.1) is 0 Å². The molecule has 0 aliphatic rings. The van der Waals surface area contributed by atoms with Crippen LogP contribution in [0.1, 0.15) is 11.1 Å². The van der Waals surface area contributed by atoms with Crippen LogP contribution >= 0.6 is 15.9 Å². The van der Waals surface area contributed by atoms with Gasteiger partial charge in [-0.25, -0.2) is 0 Å². The predicted octanol–water partition coefficient (Wildman–Crippen LogP) is 3.57. The number of halogens is 1. The average Bonchev–Trinajstić information content (AvgIpc) is 2.41. The fraction of sp³-hybridized carbons (Fsp3) is 0. The summed E-state index contributed by atoms with van der Waals surface area (Å²) in [6, 6.07) is 14.1. The topological polar surface area (TPSA) is 67.8 Å². The Morgan fingerprint density at radius 3 is 2.39 bits per heavy atom. The van der Waals surface area contributed by atoms with Gasteiger partial charge < -0.3 is 5.11 Å². The third-order valence-corrected chi connectivity index (χ3v) is 3.10. The number of hydrogen-bond acceptors (Lipinski definition) is 3. The van der Waals surface area contributed by atoms with E-state index in [0.29, 0.717) is 26.7 Å². The van der Waals surface area contributed by atoms with Gasteiger partial charge >= 0.3 is 0 Å². The molecule has 0 heterocycles. The summed E-state index contributed by atoms with van der Waals surface area (Å²) in [6.45, 7) is 0. The molecule has 0 fully saturated rings. The maximum Gasteiger partial charge on any atom is 0.137 e. The maximum absolute atomic E-state index is 10.00. The van der Waals surface area contributed by atoms with Gasteiger partial charge in [0.1, 0.15) is 5.75 Å². The van der Waals surface area contributed by atoms with Crippen LogP contribution in [0.2, 0.25) is 0 Å². The van der Waals surface area contributed by atoms with Gasteiger partial charge in [0.05, 0.1) is 27.7 Å². The van der Waals surface area contributed by atoms with Crippen LogP contribution in [-0.2, 0) is 0 Å². The Kier molecular flexibility index (Phi) is 3.32. The number of rotatable bonds is 1. The molecular weight excluding hydrogens is 292 g/mol. The van der Waals surface area contributed by atoms with Gasteiger partial charge in [0, 0.05) is 5.56 Å². The van der Waals surface area contributed by atoms with Crippen LogP contribution in [-0.4, -0.2) is 5.11 Å². The molecule has 2 rings (SSSR count). The van der Waals surface area contributed by atoms with Crippen molar-refractivity contribution < 1.29 is 5.11 Å². The van der Waals surface area contributed by atoms with Gasteiger partial charge in [-0.3, -0.25) is 0 Å². The van der Waals surface area contributed by atoms with Gasteiger partial charge in [0.15, 0.2) is 0 Å². The minimum absolute atomic E-state index is 0.0593. The van der Waals surface area contributed by atoms with E-state index in [1.165, 1.54) is 0 Å². The highest BCUT2D eigenvalue weighted by atomic mass is 79.9. The number of phenols is 1. The molecule has 0 unspecified atom stereocenters. The number of nitriles is 2. The van der Waals surface area contributed by atoms with Gasteiger partial charge in [-0.2, -0.15) is 10.5 Å². The van der Waals surface area contributed by atoms with Gasteiger partial charge in [-0.1, -0.05) is 12.1 Å². The van der Waals surface area contributed by atoms with Crippen molar-refractivity contribution >= 4 is 15.9 Å². The Bertz CT molecular complexity index is 696. The second-order valence-corrected chi connectivity index (χ2v) is 4.51. The normalized spacial score (nSPS) is 9.50. The highest BCUT2D eigenvalue weighted by Gasteiger charge is 2.10. The van der Waals surface area contributed by atoms with Crippen molar-refractivity contribution in [3.8, 4) is 29.0 Å². The van der Waals surface area contributed by atoms with Crippen molar-refractivity contribution in [2.24, 2.45) is 0 Å². The highest BCUT2D eigenvalue weighted by Crippen LogP contribution is 2.36. The number of benzene rings is 2. The largest absolute Gasteiger partial charge is 0.506 e. The van der Waals surface area contributed by atoms with Crippen LogP contribution in [0.5, 0.6) is 5.75 Å². The molecule has 2 aromatic carbocycles. The third-order valence-electron chi connectivity index (χ3n) is 2.50. The molecule has 3 nitrogen and oxygen atoms in total. The zero-order valence-corrected chi connectivity index (χ0v) is 10.8. The van der Waals surface area contributed by atoms with E-state index in [0.717, 1.165) is 0 Å². The van der Waals surface area contributed by atoms with Crippen molar-refractivity contribution in [1.82, 2.24) is 0 Å². The first-order valence-corrected chi connectivity index (χ1v) is 5.88. The highest BCUT2D eigenvalue weighted by molar-refractivity contribution is 9.10. The SMILES string of the molecule is N#Cc1cccc(-c2cc(C#N)cc(Br)c2O)c1. The van der Waals surface area contributed by atoms with Crippen molar-refractivity contribution in [1.29, 1.82) is 10.5 Å². The molecule has 0 bridgehead atoms. The molecule has 2 aromatic rings. The van der Waals surface area contributed by atoms with Crippen LogP contribution in [0.15, 0.2) is 40.9 Å². The zero-order chi connectivity index (χ0) is 13.1. The van der Waals surface area contributed by atoms with Crippen LogP contribution < -0.4 is 0 Å². The lowest BCUT2D eigenvalue weighted by Gasteiger charge is -2.07. The molecule has 0 saturated carbocycles. The standard InChI is InChI=1S/C14H7BrN2O/c15-13-6-10(8-17)5-12(14(13)18)11-3-1-2-9(4-11)7-16/h1-6,18H. The second kappa shape index (κ2) is 4.91. The fourth-order valence-corrected chi connectivity index (χ4v) is 2.10. The minimum Gasteiger partial charge on any atom is -0.506 e. The Hall–Kier alpha value is -2.30. The van der Waals surface area contributed by atoms with E-state index in [1.54, 1.807) is 36.4 Å². The van der Waals surface area contributed by atoms with Crippen LogP contribution in [0.4, 0.5) is 0 Å². The number of hydrogen-bond donors (Lipinski definition) is 1. The molecule has 0 radical (unpaired) electrons. The first-order valence-electron chi connectivity index (χ1n) is 5.09. The molecule has 0 aliphatic carbocycles. The summed E-state index contributed by atoms with van der Waals surface area (Å²) in [5.74, 6) is 0.0593. The van der Waals surface area contributed by atoms with Crippen molar-refractivity contribution in [2.45, 2.75) is 0 Å². The molecule has 0 atom stereocenters. The van der Waals surface area contributed by atoms with Crippen molar-refractivity contribution in [3.05, 3.63) is 52.0 Å². The van der Waals surface area contributed by atoms with E-state index in [-0.39, 0.29) is 5.75 Å². The Morgan fingerprint density at radius 1 is 1.00 bits per heavy atom. The summed E-state index contributed by atoms with van der Waals surface area (Å²) in [7, 11) is 0. The fourth-order valence-electron chi connectivity index (χ4n) is 1.64. The molecule has 0 aromatic heterocycles. The monoisotopic (exact) mass is 298 g/mol. The maximum atomic E-state index is 10.00. The number of phenolic OH excluding ortho intramolecular Hbond substituents is 1. The first-order chi connectivity index (χ1) is 8.65. The van der Waals surface area contributed by atoms with E-state index in [9.17, 15) is 5.11 Å². The molecule has 0 aliphatic heterocycles. The molecular formula is C14H7BrN2O. The third kappa shape index (κ3) is 2.20. The summed E-state index contributed by atoms with van der Waals surface area (Å²) in [5, 5.41) is 27.8. The minimum atomic E-state index is 0.0593. The van der Waals surface area contributed by atoms with E-state index in [1.807, 2.05) is 12.1 Å². The second-order valence-electron chi connectivity index (χ2n) is 3.66. The van der Waals surface area contributed by atoms with Crippen LogP contribution in [0.3, 0.4) is 0 Å². The number of nitrogens with zero attached hydrogens (tertiary/aromatic N) is 2. The molecule has 1 N–H and O–H groups in total. The summed E-state index contributed by atoms with van der Waals surface area (Å²) >= 11 is 3.20.